The van der Waals surface area contributed by atoms with Gasteiger partial charge in [-0.2, -0.15) is 0 Å². The van der Waals surface area contributed by atoms with Crippen LogP contribution in [-0.2, 0) is 9.53 Å². The number of benzene rings is 1. The zero-order chi connectivity index (χ0) is 19.1. The van der Waals surface area contributed by atoms with Crippen LogP contribution in [0.5, 0.6) is 0 Å². The van der Waals surface area contributed by atoms with Crippen molar-refractivity contribution in [2.75, 3.05) is 22.2 Å². The van der Waals surface area contributed by atoms with Gasteiger partial charge in [0, 0.05) is 12.6 Å². The molecule has 1 aromatic rings. The molecule has 0 spiro atoms. The van der Waals surface area contributed by atoms with E-state index in [4.69, 9.17) is 16.3 Å². The highest BCUT2D eigenvalue weighted by molar-refractivity contribution is 6.29. The van der Waals surface area contributed by atoms with Gasteiger partial charge in [-0.05, 0) is 58.2 Å². The first-order valence-corrected chi connectivity index (χ1v) is 9.80. The van der Waals surface area contributed by atoms with E-state index in [1.165, 1.54) is 12.8 Å². The lowest BCUT2D eigenvalue weighted by molar-refractivity contribution is -0.116. The van der Waals surface area contributed by atoms with Crippen LogP contribution in [0.2, 0.25) is 0 Å². The van der Waals surface area contributed by atoms with Gasteiger partial charge in [-0.25, -0.2) is 4.79 Å². The number of carbonyl (C=O) groups is 2. The van der Waals surface area contributed by atoms with Gasteiger partial charge >= 0.3 is 5.97 Å². The van der Waals surface area contributed by atoms with Gasteiger partial charge in [-0.15, -0.1) is 11.6 Å². The maximum atomic E-state index is 12.6. The summed E-state index contributed by atoms with van der Waals surface area (Å²) in [6.45, 7) is 8.41. The van der Waals surface area contributed by atoms with E-state index in [1.54, 1.807) is 17.0 Å². The number of fused-ring (bicyclic) bond motifs is 1. The van der Waals surface area contributed by atoms with Gasteiger partial charge in [0.25, 0.3) is 0 Å². The molecule has 0 aromatic heterocycles. The van der Waals surface area contributed by atoms with Crippen molar-refractivity contribution in [2.45, 2.75) is 64.6 Å². The number of hydrogen-bond acceptors (Lipinski definition) is 4. The zero-order valence-electron chi connectivity index (χ0n) is 15.9. The van der Waals surface area contributed by atoms with Gasteiger partial charge in [0.05, 0.1) is 23.0 Å². The summed E-state index contributed by atoms with van der Waals surface area (Å²) in [6.07, 6.45) is 3.18. The summed E-state index contributed by atoms with van der Waals surface area (Å²) in [5.41, 5.74) is 1.66. The molecule has 1 aromatic carbocycles. The van der Waals surface area contributed by atoms with Crippen molar-refractivity contribution in [3.63, 3.8) is 0 Å². The van der Waals surface area contributed by atoms with Gasteiger partial charge in [0.15, 0.2) is 0 Å². The van der Waals surface area contributed by atoms with Gasteiger partial charge in [0.2, 0.25) is 5.91 Å². The number of ether oxygens (including phenoxy) is 1. The molecule has 5 nitrogen and oxygen atoms in total. The average molecular weight is 379 g/mol. The number of hydrogen-bond donors (Lipinski definition) is 0. The van der Waals surface area contributed by atoms with Gasteiger partial charge < -0.3 is 14.5 Å². The van der Waals surface area contributed by atoms with E-state index in [9.17, 15) is 9.59 Å². The summed E-state index contributed by atoms with van der Waals surface area (Å²) in [5.74, 6) is -0.581. The van der Waals surface area contributed by atoms with Crippen LogP contribution in [-0.4, -0.2) is 42.0 Å². The van der Waals surface area contributed by atoms with E-state index in [0.717, 1.165) is 24.3 Å². The first kappa shape index (κ1) is 19.0. The molecule has 1 heterocycles. The summed E-state index contributed by atoms with van der Waals surface area (Å²) < 4.78 is 5.49. The Morgan fingerprint density at radius 3 is 2.46 bits per heavy atom. The van der Waals surface area contributed by atoms with Crippen molar-refractivity contribution in [3.05, 3.63) is 23.8 Å². The van der Waals surface area contributed by atoms with Crippen molar-refractivity contribution in [3.8, 4) is 0 Å². The topological polar surface area (TPSA) is 49.9 Å². The Morgan fingerprint density at radius 2 is 1.92 bits per heavy atom. The Labute approximate surface area is 160 Å². The van der Waals surface area contributed by atoms with E-state index in [-0.39, 0.29) is 23.8 Å². The fraction of sp³-hybridized carbons (Fsp3) is 0.600. The fourth-order valence-electron chi connectivity index (χ4n) is 3.47. The molecule has 6 heteroatoms. The number of alkyl halides is 1. The van der Waals surface area contributed by atoms with Gasteiger partial charge in [0.1, 0.15) is 11.5 Å². The van der Waals surface area contributed by atoms with Crippen LogP contribution < -0.4 is 9.80 Å². The molecule has 0 radical (unpaired) electrons. The van der Waals surface area contributed by atoms with Gasteiger partial charge in [-0.3, -0.25) is 4.79 Å². The van der Waals surface area contributed by atoms with Crippen LogP contribution in [0.25, 0.3) is 0 Å². The molecule has 1 unspecified atom stereocenters. The van der Waals surface area contributed by atoms with E-state index >= 15 is 0 Å². The minimum atomic E-state index is -0.565. The van der Waals surface area contributed by atoms with Crippen molar-refractivity contribution in [1.29, 1.82) is 0 Å². The first-order valence-electron chi connectivity index (χ1n) is 9.27. The first-order chi connectivity index (χ1) is 12.2. The SMILES string of the molecule is CCC1CN(C2CC2)c2ccc(C(=O)OC(C)(C)C)cc2N1C(=O)CCl. The molecule has 0 bridgehead atoms. The average Bonchev–Trinajstić information content (AvgIpc) is 3.42. The number of nitrogens with zero attached hydrogens (tertiary/aromatic N) is 2. The number of esters is 1. The monoisotopic (exact) mass is 378 g/mol. The quantitative estimate of drug-likeness (QED) is 0.587. The molecule has 142 valence electrons. The van der Waals surface area contributed by atoms with Crippen LogP contribution in [0.1, 0.15) is 57.3 Å². The van der Waals surface area contributed by atoms with Crippen molar-refractivity contribution in [1.82, 2.24) is 0 Å². The largest absolute Gasteiger partial charge is 0.456 e. The Morgan fingerprint density at radius 1 is 1.23 bits per heavy atom. The molecule has 1 aliphatic heterocycles. The zero-order valence-corrected chi connectivity index (χ0v) is 16.7. The summed E-state index contributed by atoms with van der Waals surface area (Å²) in [4.78, 5) is 29.2. The number of amides is 1. The molecular formula is C20H27ClN2O3. The summed E-state index contributed by atoms with van der Waals surface area (Å²) in [5, 5.41) is 0. The molecule has 1 fully saturated rings. The molecule has 2 aliphatic rings. The number of rotatable bonds is 4. The maximum Gasteiger partial charge on any atom is 0.338 e. The standard InChI is InChI=1S/C20H27ClN2O3/c1-5-14-12-22(15-7-8-15)16-9-6-13(19(25)26-20(2,3)4)10-17(16)23(14)18(24)11-21/h6,9-10,14-15H,5,7-8,11-12H2,1-4H3. The predicted octanol–water partition coefficient (Wildman–Crippen LogP) is 3.97. The summed E-state index contributed by atoms with van der Waals surface area (Å²) >= 11 is 5.88. The Balaban J connectivity index is 2.03. The Hall–Kier alpha value is -1.75. The minimum Gasteiger partial charge on any atom is -0.456 e. The van der Waals surface area contributed by atoms with Crippen LogP contribution in [0, 0.1) is 0 Å². The van der Waals surface area contributed by atoms with Crippen molar-refractivity contribution < 1.29 is 14.3 Å². The van der Waals surface area contributed by atoms with E-state index in [1.807, 2.05) is 26.8 Å². The molecule has 1 amide bonds. The Kier molecular flexibility index (Phi) is 5.20. The van der Waals surface area contributed by atoms with Crippen LogP contribution in [0.3, 0.4) is 0 Å². The molecule has 3 rings (SSSR count). The lowest BCUT2D eigenvalue weighted by Crippen LogP contribution is -2.52. The number of anilines is 2. The van der Waals surface area contributed by atoms with E-state index in [0.29, 0.717) is 11.6 Å². The van der Waals surface area contributed by atoms with Crippen molar-refractivity contribution >= 4 is 34.9 Å². The lowest BCUT2D eigenvalue weighted by atomic mass is 10.0. The molecule has 1 atom stereocenters. The summed E-state index contributed by atoms with van der Waals surface area (Å²) in [7, 11) is 0. The highest BCUT2D eigenvalue weighted by Crippen LogP contribution is 2.43. The van der Waals surface area contributed by atoms with Gasteiger partial charge in [-0.1, -0.05) is 6.92 Å². The van der Waals surface area contributed by atoms with Crippen LogP contribution >= 0.6 is 11.6 Å². The van der Waals surface area contributed by atoms with Crippen molar-refractivity contribution in [2.24, 2.45) is 0 Å². The Bertz CT molecular complexity index is 709. The third-order valence-corrected chi connectivity index (χ3v) is 5.02. The third-order valence-electron chi connectivity index (χ3n) is 4.79. The van der Waals surface area contributed by atoms with E-state index < -0.39 is 5.60 Å². The second-order valence-electron chi connectivity index (χ2n) is 8.05. The molecule has 1 saturated carbocycles. The maximum absolute atomic E-state index is 12.6. The number of halogens is 1. The molecular weight excluding hydrogens is 352 g/mol. The second kappa shape index (κ2) is 7.10. The smallest absolute Gasteiger partial charge is 0.338 e. The minimum absolute atomic E-state index is 0.0586. The van der Waals surface area contributed by atoms with Crippen LogP contribution in [0.15, 0.2) is 18.2 Å². The van der Waals surface area contributed by atoms with E-state index in [2.05, 4.69) is 11.8 Å². The highest BCUT2D eigenvalue weighted by Gasteiger charge is 2.39. The predicted molar refractivity (Wildman–Crippen MR) is 104 cm³/mol. The molecule has 1 aliphatic carbocycles. The molecule has 26 heavy (non-hydrogen) atoms. The number of carbonyl (C=O) groups excluding carboxylic acids is 2. The highest BCUT2D eigenvalue weighted by atomic mass is 35.5. The summed E-state index contributed by atoms with van der Waals surface area (Å²) in [6, 6.07) is 6.10. The normalized spacial score (nSPS) is 20.0. The third kappa shape index (κ3) is 3.83. The molecule has 0 saturated heterocycles. The second-order valence-corrected chi connectivity index (χ2v) is 8.32. The van der Waals surface area contributed by atoms with Crippen LogP contribution in [0.4, 0.5) is 11.4 Å². The fourth-order valence-corrected chi connectivity index (χ4v) is 3.60. The lowest BCUT2D eigenvalue weighted by Gasteiger charge is -2.43. The molecule has 0 N–H and O–H groups in total.